The zero-order valence-corrected chi connectivity index (χ0v) is 10.2. The maximum Gasteiger partial charge on any atom is 0.254 e. The Morgan fingerprint density at radius 3 is 2.47 bits per heavy atom. The third-order valence-corrected chi connectivity index (χ3v) is 2.38. The molecular weight excluding hydrogens is 194 g/mol. The van der Waals surface area contributed by atoms with Gasteiger partial charge in [0.15, 0.2) is 0 Å². The molecule has 1 rings (SSSR count). The average Bonchev–Trinajstić information content (AvgIpc) is 1.97. The van der Waals surface area contributed by atoms with E-state index in [0.717, 1.165) is 0 Å². The summed E-state index contributed by atoms with van der Waals surface area (Å²) in [5.74, 6) is -0.231. The van der Waals surface area contributed by atoms with Gasteiger partial charge in [-0.2, -0.15) is 0 Å². The van der Waals surface area contributed by atoms with E-state index in [1.54, 1.807) is 4.90 Å². The summed E-state index contributed by atoms with van der Waals surface area (Å²) in [6.45, 7) is 9.95. The normalized spacial score (nSPS) is 26.5. The smallest absolute Gasteiger partial charge is 0.254 e. The van der Waals surface area contributed by atoms with E-state index in [4.69, 9.17) is 4.74 Å². The molecule has 0 spiro atoms. The van der Waals surface area contributed by atoms with Gasteiger partial charge in [0, 0.05) is 13.1 Å². The lowest BCUT2D eigenvalue weighted by Crippen LogP contribution is -2.57. The van der Waals surface area contributed by atoms with Crippen LogP contribution in [0.3, 0.4) is 0 Å². The number of carbonyl (C=O) groups excluding carboxylic acids is 1. The Labute approximate surface area is 91.2 Å². The highest BCUT2D eigenvalue weighted by Gasteiger charge is 2.38. The zero-order chi connectivity index (χ0) is 11.9. The third kappa shape index (κ3) is 3.18. The summed E-state index contributed by atoms with van der Waals surface area (Å²) >= 11 is 0. The van der Waals surface area contributed by atoms with Gasteiger partial charge in [-0.05, 0) is 34.6 Å². The van der Waals surface area contributed by atoms with E-state index in [-0.39, 0.29) is 17.6 Å². The van der Waals surface area contributed by atoms with Gasteiger partial charge in [0.05, 0.1) is 11.7 Å². The minimum Gasteiger partial charge on any atom is -0.381 e. The van der Waals surface area contributed by atoms with Crippen molar-refractivity contribution in [2.45, 2.75) is 51.9 Å². The van der Waals surface area contributed by atoms with Crippen molar-refractivity contribution in [1.29, 1.82) is 0 Å². The zero-order valence-electron chi connectivity index (χ0n) is 10.2. The van der Waals surface area contributed by atoms with Crippen molar-refractivity contribution in [1.82, 2.24) is 4.90 Å². The summed E-state index contributed by atoms with van der Waals surface area (Å²) in [5.41, 5.74) is -1.63. The molecule has 1 saturated heterocycles. The molecule has 0 saturated carbocycles. The number of carbonyl (C=O) groups is 1. The molecule has 1 aliphatic heterocycles. The number of ether oxygens (including phenoxy) is 1. The lowest BCUT2D eigenvalue weighted by atomic mass is 10.0. The molecule has 0 aliphatic carbocycles. The fraction of sp³-hybridized carbons (Fsp3) is 0.909. The summed E-state index contributed by atoms with van der Waals surface area (Å²) in [6, 6.07) is 0. The molecule has 1 heterocycles. The molecule has 0 aromatic heterocycles. The second-order valence-corrected chi connectivity index (χ2v) is 5.43. The fourth-order valence-electron chi connectivity index (χ4n) is 2.00. The van der Waals surface area contributed by atoms with Gasteiger partial charge >= 0.3 is 0 Å². The van der Waals surface area contributed by atoms with Crippen LogP contribution in [0.1, 0.15) is 34.6 Å². The minimum atomic E-state index is -1.30. The van der Waals surface area contributed by atoms with E-state index < -0.39 is 5.60 Å². The van der Waals surface area contributed by atoms with Crippen LogP contribution in [0, 0.1) is 0 Å². The molecule has 4 nitrogen and oxygen atoms in total. The van der Waals surface area contributed by atoms with Gasteiger partial charge in [0.25, 0.3) is 5.91 Å². The monoisotopic (exact) mass is 215 g/mol. The molecular formula is C11H21NO3. The van der Waals surface area contributed by atoms with Gasteiger partial charge in [-0.25, -0.2) is 0 Å². The van der Waals surface area contributed by atoms with Crippen molar-refractivity contribution in [2.24, 2.45) is 0 Å². The van der Waals surface area contributed by atoms with Gasteiger partial charge in [-0.1, -0.05) is 0 Å². The molecule has 0 bridgehead atoms. The molecule has 0 radical (unpaired) electrons. The number of nitrogens with zero attached hydrogens (tertiary/aromatic N) is 1. The fourth-order valence-corrected chi connectivity index (χ4v) is 2.00. The van der Waals surface area contributed by atoms with E-state index in [0.29, 0.717) is 13.1 Å². The number of morpholine rings is 1. The molecule has 1 amide bonds. The van der Waals surface area contributed by atoms with Gasteiger partial charge in [-0.15, -0.1) is 0 Å². The summed E-state index contributed by atoms with van der Waals surface area (Å²) < 4.78 is 5.69. The standard InChI is InChI=1S/C11H21NO3/c1-8-6-12(7-10(2,3)15-8)9(13)11(4,5)14/h8,14H,6-7H2,1-5H3. The van der Waals surface area contributed by atoms with Crippen molar-refractivity contribution in [3.8, 4) is 0 Å². The number of rotatable bonds is 1. The highest BCUT2D eigenvalue weighted by Crippen LogP contribution is 2.22. The minimum absolute atomic E-state index is 0.0139. The molecule has 15 heavy (non-hydrogen) atoms. The molecule has 88 valence electrons. The SMILES string of the molecule is CC1CN(C(=O)C(C)(C)O)CC(C)(C)O1. The van der Waals surface area contributed by atoms with Crippen molar-refractivity contribution >= 4 is 5.91 Å². The second kappa shape index (κ2) is 3.76. The number of hydrogen-bond acceptors (Lipinski definition) is 3. The van der Waals surface area contributed by atoms with Crippen LogP contribution in [0.25, 0.3) is 0 Å². The van der Waals surface area contributed by atoms with Crippen molar-refractivity contribution in [2.75, 3.05) is 13.1 Å². The Kier molecular flexibility index (Phi) is 3.12. The highest BCUT2D eigenvalue weighted by atomic mass is 16.5. The van der Waals surface area contributed by atoms with Crippen LogP contribution in [0.4, 0.5) is 0 Å². The predicted molar refractivity (Wildman–Crippen MR) is 57.5 cm³/mol. The van der Waals surface area contributed by atoms with Gasteiger partial charge < -0.3 is 14.7 Å². The molecule has 0 aromatic carbocycles. The molecule has 0 aromatic rings. The Bertz CT molecular complexity index is 255. The van der Waals surface area contributed by atoms with E-state index >= 15 is 0 Å². The number of aliphatic hydroxyl groups is 1. The molecule has 1 fully saturated rings. The number of hydrogen-bond donors (Lipinski definition) is 1. The van der Waals surface area contributed by atoms with Crippen LogP contribution in [0.15, 0.2) is 0 Å². The van der Waals surface area contributed by atoms with Crippen LogP contribution in [-0.4, -0.2) is 46.3 Å². The molecule has 1 unspecified atom stereocenters. The van der Waals surface area contributed by atoms with Crippen molar-refractivity contribution in [3.05, 3.63) is 0 Å². The van der Waals surface area contributed by atoms with Crippen LogP contribution < -0.4 is 0 Å². The maximum atomic E-state index is 11.9. The maximum absolute atomic E-state index is 11.9. The van der Waals surface area contributed by atoms with E-state index in [2.05, 4.69) is 0 Å². The molecule has 1 N–H and O–H groups in total. The average molecular weight is 215 g/mol. The van der Waals surface area contributed by atoms with E-state index in [9.17, 15) is 9.90 Å². The van der Waals surface area contributed by atoms with Gasteiger partial charge in [0.2, 0.25) is 0 Å². The van der Waals surface area contributed by atoms with Gasteiger partial charge in [-0.3, -0.25) is 4.79 Å². The molecule has 4 heteroatoms. The Hall–Kier alpha value is -0.610. The quantitative estimate of drug-likeness (QED) is 0.703. The third-order valence-electron chi connectivity index (χ3n) is 2.38. The second-order valence-electron chi connectivity index (χ2n) is 5.43. The molecule has 1 atom stereocenters. The Balaban J connectivity index is 2.75. The summed E-state index contributed by atoms with van der Waals surface area (Å²) in [5, 5.41) is 9.66. The lowest BCUT2D eigenvalue weighted by Gasteiger charge is -2.43. The van der Waals surface area contributed by atoms with Crippen molar-refractivity contribution < 1.29 is 14.6 Å². The lowest BCUT2D eigenvalue weighted by molar-refractivity contribution is -0.171. The first kappa shape index (κ1) is 12.5. The summed E-state index contributed by atoms with van der Waals surface area (Å²) in [4.78, 5) is 13.5. The van der Waals surface area contributed by atoms with Crippen LogP contribution in [0.2, 0.25) is 0 Å². The van der Waals surface area contributed by atoms with E-state index in [1.165, 1.54) is 13.8 Å². The largest absolute Gasteiger partial charge is 0.381 e. The first-order valence-electron chi connectivity index (χ1n) is 5.31. The van der Waals surface area contributed by atoms with Crippen LogP contribution in [0.5, 0.6) is 0 Å². The Morgan fingerprint density at radius 1 is 1.53 bits per heavy atom. The van der Waals surface area contributed by atoms with E-state index in [1.807, 2.05) is 20.8 Å². The first-order valence-corrected chi connectivity index (χ1v) is 5.31. The van der Waals surface area contributed by atoms with Crippen LogP contribution in [-0.2, 0) is 9.53 Å². The topological polar surface area (TPSA) is 49.8 Å². The summed E-state index contributed by atoms with van der Waals surface area (Å²) in [7, 11) is 0. The number of amides is 1. The molecule has 1 aliphatic rings. The first-order chi connectivity index (χ1) is 6.62. The van der Waals surface area contributed by atoms with Gasteiger partial charge in [0.1, 0.15) is 5.60 Å². The predicted octanol–water partition coefficient (Wildman–Crippen LogP) is 0.783. The van der Waals surface area contributed by atoms with Crippen molar-refractivity contribution in [3.63, 3.8) is 0 Å². The van der Waals surface area contributed by atoms with Crippen LogP contribution >= 0.6 is 0 Å². The summed E-state index contributed by atoms with van der Waals surface area (Å²) in [6.07, 6.45) is 0.0139. The Morgan fingerprint density at radius 2 is 2.07 bits per heavy atom. The highest BCUT2D eigenvalue weighted by molar-refractivity contribution is 5.84.